The molecule has 5 nitrogen and oxygen atoms in total. The molecule has 0 saturated carbocycles. The first kappa shape index (κ1) is 18.7. The Kier molecular flexibility index (Phi) is 4.91. The number of anilines is 1. The number of nitrogens with zero attached hydrogens (tertiary/aromatic N) is 2. The van der Waals surface area contributed by atoms with Crippen LogP contribution in [0.15, 0.2) is 48.2 Å². The molecule has 7 heteroatoms. The van der Waals surface area contributed by atoms with Crippen LogP contribution in [-0.4, -0.2) is 43.0 Å². The molecule has 0 spiro atoms. The molecule has 0 atom stereocenters. The first-order valence-electron chi connectivity index (χ1n) is 8.95. The van der Waals surface area contributed by atoms with Gasteiger partial charge in [0.25, 0.3) is 11.8 Å². The second-order valence-electron chi connectivity index (χ2n) is 6.71. The Balaban J connectivity index is 1.84. The minimum atomic E-state index is -0.427. The summed E-state index contributed by atoms with van der Waals surface area (Å²) in [6.45, 7) is 3.76. The molecule has 2 aromatic carbocycles. The van der Waals surface area contributed by atoms with Crippen molar-refractivity contribution < 1.29 is 18.7 Å². The van der Waals surface area contributed by atoms with Crippen LogP contribution >= 0.6 is 11.6 Å². The lowest BCUT2D eigenvalue weighted by Crippen LogP contribution is -2.40. The smallest absolute Gasteiger partial charge is 0.282 e. The van der Waals surface area contributed by atoms with Crippen LogP contribution in [0.3, 0.4) is 0 Å². The van der Waals surface area contributed by atoms with Gasteiger partial charge in [0, 0.05) is 18.1 Å². The van der Waals surface area contributed by atoms with Gasteiger partial charge in [0.2, 0.25) is 0 Å². The summed E-state index contributed by atoms with van der Waals surface area (Å²) < 4.78 is 18.8. The van der Waals surface area contributed by atoms with Gasteiger partial charge in [0.1, 0.15) is 11.5 Å². The fourth-order valence-corrected chi connectivity index (χ4v) is 3.79. The van der Waals surface area contributed by atoms with Gasteiger partial charge in [-0.1, -0.05) is 23.7 Å². The molecule has 0 radical (unpaired) electrons. The van der Waals surface area contributed by atoms with Crippen LogP contribution in [0.5, 0.6) is 0 Å². The summed E-state index contributed by atoms with van der Waals surface area (Å²) in [5.41, 5.74) is 2.32. The first-order chi connectivity index (χ1) is 13.5. The van der Waals surface area contributed by atoms with Crippen molar-refractivity contribution in [3.05, 3.63) is 70.1 Å². The van der Waals surface area contributed by atoms with E-state index in [1.165, 1.54) is 29.2 Å². The van der Waals surface area contributed by atoms with Crippen molar-refractivity contribution in [3.8, 4) is 0 Å². The molecule has 0 aromatic heterocycles. The second kappa shape index (κ2) is 7.37. The first-order valence-corrected chi connectivity index (χ1v) is 9.33. The molecule has 2 aliphatic rings. The number of hydrogen-bond donors (Lipinski definition) is 0. The Hall–Kier alpha value is -2.70. The van der Waals surface area contributed by atoms with Crippen molar-refractivity contribution >= 4 is 34.7 Å². The number of halogens is 2. The maximum absolute atomic E-state index is 13.4. The number of ether oxygens (including phenoxy) is 1. The number of carbonyl (C=O) groups is 2. The fraction of sp³-hybridized carbons (Fsp3) is 0.238. The van der Waals surface area contributed by atoms with Gasteiger partial charge in [0.15, 0.2) is 0 Å². The standard InChI is InChI=1S/C21H18ClFN2O3/c1-13-12-15(22)4-7-17(13)25-20(26)18(14-2-5-16(23)6-3-14)19(21(25)27)24-8-10-28-11-9-24/h2-7,12H,8-11H2,1H3. The number of carbonyl (C=O) groups excluding carboxylic acids is 2. The highest BCUT2D eigenvalue weighted by Crippen LogP contribution is 2.36. The van der Waals surface area contributed by atoms with Crippen LogP contribution in [0.2, 0.25) is 5.02 Å². The predicted octanol–water partition coefficient (Wildman–Crippen LogP) is 3.40. The molecule has 0 bridgehead atoms. The Bertz CT molecular complexity index is 982. The van der Waals surface area contributed by atoms with Gasteiger partial charge < -0.3 is 9.64 Å². The highest BCUT2D eigenvalue weighted by atomic mass is 35.5. The Labute approximate surface area is 166 Å². The molecule has 2 amide bonds. The molecule has 2 aliphatic heterocycles. The maximum atomic E-state index is 13.4. The quantitative estimate of drug-likeness (QED) is 0.741. The molecule has 28 heavy (non-hydrogen) atoms. The lowest BCUT2D eigenvalue weighted by molar-refractivity contribution is -0.121. The molecule has 0 aliphatic carbocycles. The third-order valence-electron chi connectivity index (χ3n) is 4.92. The number of benzene rings is 2. The number of rotatable bonds is 3. The van der Waals surface area contributed by atoms with Crippen molar-refractivity contribution in [2.45, 2.75) is 6.92 Å². The maximum Gasteiger partial charge on any atom is 0.282 e. The predicted molar refractivity (Wildman–Crippen MR) is 104 cm³/mol. The van der Waals surface area contributed by atoms with E-state index in [0.29, 0.717) is 48.3 Å². The van der Waals surface area contributed by atoms with E-state index < -0.39 is 17.6 Å². The van der Waals surface area contributed by atoms with Gasteiger partial charge in [-0.15, -0.1) is 0 Å². The number of aryl methyl sites for hydroxylation is 1. The van der Waals surface area contributed by atoms with Gasteiger partial charge in [-0.25, -0.2) is 9.29 Å². The van der Waals surface area contributed by atoms with Crippen LogP contribution in [0, 0.1) is 12.7 Å². The zero-order valence-corrected chi connectivity index (χ0v) is 16.0. The summed E-state index contributed by atoms with van der Waals surface area (Å²) in [6.07, 6.45) is 0. The number of hydrogen-bond acceptors (Lipinski definition) is 4. The highest BCUT2D eigenvalue weighted by Gasteiger charge is 2.43. The van der Waals surface area contributed by atoms with E-state index in [9.17, 15) is 14.0 Å². The van der Waals surface area contributed by atoms with E-state index in [1.807, 2.05) is 4.90 Å². The van der Waals surface area contributed by atoms with Gasteiger partial charge >= 0.3 is 0 Å². The van der Waals surface area contributed by atoms with Crippen molar-refractivity contribution in [3.63, 3.8) is 0 Å². The molecule has 4 rings (SSSR count). The fourth-order valence-electron chi connectivity index (χ4n) is 3.56. The molecule has 2 heterocycles. The average Bonchev–Trinajstić information content (AvgIpc) is 2.94. The highest BCUT2D eigenvalue weighted by molar-refractivity contribution is 6.45. The van der Waals surface area contributed by atoms with Crippen LogP contribution in [-0.2, 0) is 14.3 Å². The van der Waals surface area contributed by atoms with Crippen LogP contribution < -0.4 is 4.90 Å². The SMILES string of the molecule is Cc1cc(Cl)ccc1N1C(=O)C(c2ccc(F)cc2)=C(N2CCOCC2)C1=O. The minimum absolute atomic E-state index is 0.279. The summed E-state index contributed by atoms with van der Waals surface area (Å²) in [5, 5.41) is 0.528. The summed E-state index contributed by atoms with van der Waals surface area (Å²) in [7, 11) is 0. The summed E-state index contributed by atoms with van der Waals surface area (Å²) in [4.78, 5) is 29.8. The van der Waals surface area contributed by atoms with Crippen LogP contribution in [0.4, 0.5) is 10.1 Å². The molecule has 0 unspecified atom stereocenters. The van der Waals surface area contributed by atoms with Gasteiger partial charge in [-0.05, 0) is 48.4 Å². The summed E-state index contributed by atoms with van der Waals surface area (Å²) in [5.74, 6) is -1.22. The van der Waals surface area contributed by atoms with E-state index in [2.05, 4.69) is 0 Å². The zero-order valence-electron chi connectivity index (χ0n) is 15.2. The third kappa shape index (κ3) is 3.19. The van der Waals surface area contributed by atoms with Crippen LogP contribution in [0.25, 0.3) is 5.57 Å². The molecular weight excluding hydrogens is 383 g/mol. The van der Waals surface area contributed by atoms with Crippen molar-refractivity contribution in [1.29, 1.82) is 0 Å². The van der Waals surface area contributed by atoms with E-state index in [4.69, 9.17) is 16.3 Å². The zero-order chi connectivity index (χ0) is 19.8. The molecule has 0 N–H and O–H groups in total. The number of amides is 2. The second-order valence-corrected chi connectivity index (χ2v) is 7.14. The lowest BCUT2D eigenvalue weighted by atomic mass is 10.0. The molecule has 1 saturated heterocycles. The topological polar surface area (TPSA) is 49.9 Å². The Morgan fingerprint density at radius 2 is 1.68 bits per heavy atom. The average molecular weight is 401 g/mol. The molecular formula is C21H18ClFN2O3. The third-order valence-corrected chi connectivity index (χ3v) is 5.15. The molecule has 1 fully saturated rings. The van der Waals surface area contributed by atoms with Gasteiger partial charge in [0.05, 0.1) is 24.5 Å². The Morgan fingerprint density at radius 1 is 1.00 bits per heavy atom. The van der Waals surface area contributed by atoms with Crippen molar-refractivity contribution in [2.24, 2.45) is 0 Å². The Morgan fingerprint density at radius 3 is 2.32 bits per heavy atom. The lowest BCUT2D eigenvalue weighted by Gasteiger charge is -2.29. The monoisotopic (exact) mass is 400 g/mol. The molecule has 2 aromatic rings. The summed E-state index contributed by atoms with van der Waals surface area (Å²) in [6, 6.07) is 10.6. The largest absolute Gasteiger partial charge is 0.378 e. The molecule has 144 valence electrons. The van der Waals surface area contributed by atoms with Crippen molar-refractivity contribution in [1.82, 2.24) is 4.90 Å². The van der Waals surface area contributed by atoms with Gasteiger partial charge in [-0.3, -0.25) is 9.59 Å². The number of morpholine rings is 1. The minimum Gasteiger partial charge on any atom is -0.378 e. The van der Waals surface area contributed by atoms with Crippen molar-refractivity contribution in [2.75, 3.05) is 31.2 Å². The van der Waals surface area contributed by atoms with E-state index >= 15 is 0 Å². The normalized spacial score (nSPS) is 17.7. The number of imide groups is 1. The van der Waals surface area contributed by atoms with E-state index in [1.54, 1.807) is 25.1 Å². The summed E-state index contributed by atoms with van der Waals surface area (Å²) >= 11 is 6.03. The van der Waals surface area contributed by atoms with E-state index in [0.717, 1.165) is 5.56 Å². The van der Waals surface area contributed by atoms with E-state index in [-0.39, 0.29) is 5.57 Å². The van der Waals surface area contributed by atoms with Crippen LogP contribution in [0.1, 0.15) is 11.1 Å². The van der Waals surface area contributed by atoms with Gasteiger partial charge in [-0.2, -0.15) is 0 Å².